The molecule has 3 N–H and O–H groups in total. The zero-order chi connectivity index (χ0) is 13.9. The molecule has 0 radical (unpaired) electrons. The van der Waals surface area contributed by atoms with Crippen molar-refractivity contribution < 1.29 is 9.47 Å². The van der Waals surface area contributed by atoms with E-state index in [1.54, 1.807) is 6.20 Å². The van der Waals surface area contributed by atoms with Gasteiger partial charge in [-0.05, 0) is 43.9 Å². The first-order valence-corrected chi connectivity index (χ1v) is 7.19. The summed E-state index contributed by atoms with van der Waals surface area (Å²) in [5.41, 5.74) is 8.91. The molecule has 0 spiro atoms. The lowest BCUT2D eigenvalue weighted by molar-refractivity contribution is -0.188. The molecular formula is C15H21N3O2. The molecule has 20 heavy (non-hydrogen) atoms. The summed E-state index contributed by atoms with van der Waals surface area (Å²) in [4.78, 5) is 7.65. The van der Waals surface area contributed by atoms with Gasteiger partial charge in [-0.1, -0.05) is 0 Å². The number of nitrogens with two attached hydrogens (primary N) is 1. The van der Waals surface area contributed by atoms with Crippen LogP contribution in [-0.2, 0) is 9.47 Å². The summed E-state index contributed by atoms with van der Waals surface area (Å²) < 4.78 is 11.6. The second-order valence-electron chi connectivity index (χ2n) is 5.27. The van der Waals surface area contributed by atoms with E-state index < -0.39 is 0 Å². The van der Waals surface area contributed by atoms with Crippen molar-refractivity contribution in [3.8, 4) is 0 Å². The standard InChI is InChI=1S/C15H21N3O2/c1-10-5-6-17-15-11(10)8-12(18-15)13(9-16)20-14-4-2-3-7-19-14/h5-6,8,13-14H,2-4,7,9,16H2,1H3,(H,17,18). The highest BCUT2D eigenvalue weighted by molar-refractivity contribution is 5.80. The minimum Gasteiger partial charge on any atom is -0.353 e. The maximum atomic E-state index is 5.99. The van der Waals surface area contributed by atoms with Crippen molar-refractivity contribution in [1.82, 2.24) is 9.97 Å². The molecule has 1 aliphatic rings. The van der Waals surface area contributed by atoms with Crippen LogP contribution in [0, 0.1) is 6.92 Å². The van der Waals surface area contributed by atoms with E-state index in [1.165, 1.54) is 5.56 Å². The van der Waals surface area contributed by atoms with Crippen LogP contribution in [0.5, 0.6) is 0 Å². The second-order valence-corrected chi connectivity index (χ2v) is 5.27. The normalized spacial score (nSPS) is 21.2. The van der Waals surface area contributed by atoms with Crippen molar-refractivity contribution in [2.75, 3.05) is 13.2 Å². The maximum Gasteiger partial charge on any atom is 0.158 e. The van der Waals surface area contributed by atoms with Crippen LogP contribution in [0.15, 0.2) is 18.3 Å². The lowest BCUT2D eigenvalue weighted by Crippen LogP contribution is -2.27. The van der Waals surface area contributed by atoms with Gasteiger partial charge in [0.2, 0.25) is 0 Å². The van der Waals surface area contributed by atoms with E-state index in [0.29, 0.717) is 6.54 Å². The molecule has 1 aliphatic heterocycles. The number of aromatic nitrogens is 2. The Hall–Kier alpha value is -1.43. The van der Waals surface area contributed by atoms with E-state index in [0.717, 1.165) is 42.6 Å². The van der Waals surface area contributed by atoms with Crippen LogP contribution in [0.1, 0.15) is 36.6 Å². The molecule has 5 heteroatoms. The van der Waals surface area contributed by atoms with Gasteiger partial charge < -0.3 is 20.2 Å². The smallest absolute Gasteiger partial charge is 0.158 e. The van der Waals surface area contributed by atoms with E-state index in [2.05, 4.69) is 23.0 Å². The van der Waals surface area contributed by atoms with Crippen molar-refractivity contribution in [3.63, 3.8) is 0 Å². The van der Waals surface area contributed by atoms with Crippen molar-refractivity contribution in [3.05, 3.63) is 29.6 Å². The number of fused-ring (bicyclic) bond motifs is 1. The zero-order valence-corrected chi connectivity index (χ0v) is 11.8. The van der Waals surface area contributed by atoms with Gasteiger partial charge in [0.25, 0.3) is 0 Å². The minimum absolute atomic E-state index is 0.141. The number of rotatable bonds is 4. The van der Waals surface area contributed by atoms with Gasteiger partial charge in [-0.25, -0.2) is 4.98 Å². The maximum absolute atomic E-state index is 5.99. The largest absolute Gasteiger partial charge is 0.353 e. The predicted molar refractivity (Wildman–Crippen MR) is 77.3 cm³/mol. The van der Waals surface area contributed by atoms with Crippen LogP contribution >= 0.6 is 0 Å². The van der Waals surface area contributed by atoms with Gasteiger partial charge in [0, 0.05) is 30.4 Å². The van der Waals surface area contributed by atoms with Gasteiger partial charge in [-0.3, -0.25) is 0 Å². The van der Waals surface area contributed by atoms with Crippen LogP contribution < -0.4 is 5.73 Å². The Bertz CT molecular complexity index is 576. The number of aryl methyl sites for hydroxylation is 1. The lowest BCUT2D eigenvalue weighted by Gasteiger charge is -2.26. The first-order valence-electron chi connectivity index (χ1n) is 7.19. The van der Waals surface area contributed by atoms with Crippen molar-refractivity contribution in [2.24, 2.45) is 5.73 Å². The highest BCUT2D eigenvalue weighted by Crippen LogP contribution is 2.26. The molecule has 1 fully saturated rings. The van der Waals surface area contributed by atoms with E-state index >= 15 is 0 Å². The third kappa shape index (κ3) is 2.70. The average molecular weight is 275 g/mol. The fourth-order valence-electron chi connectivity index (χ4n) is 2.61. The fraction of sp³-hybridized carbons (Fsp3) is 0.533. The zero-order valence-electron chi connectivity index (χ0n) is 11.8. The summed E-state index contributed by atoms with van der Waals surface area (Å²) in [6.07, 6.45) is 4.69. The first-order chi connectivity index (χ1) is 9.78. The molecule has 0 saturated carbocycles. The Morgan fingerprint density at radius 3 is 3.15 bits per heavy atom. The van der Waals surface area contributed by atoms with Crippen molar-refractivity contribution >= 4 is 11.0 Å². The molecule has 108 valence electrons. The highest BCUT2D eigenvalue weighted by Gasteiger charge is 2.21. The van der Waals surface area contributed by atoms with Crippen LogP contribution in [0.4, 0.5) is 0 Å². The molecule has 2 aromatic heterocycles. The van der Waals surface area contributed by atoms with E-state index in [4.69, 9.17) is 15.2 Å². The predicted octanol–water partition coefficient (Wildman–Crippen LogP) is 2.41. The van der Waals surface area contributed by atoms with Gasteiger partial charge in [0.05, 0.1) is 0 Å². The van der Waals surface area contributed by atoms with E-state index in [1.807, 2.05) is 6.07 Å². The van der Waals surface area contributed by atoms with Crippen molar-refractivity contribution in [2.45, 2.75) is 38.6 Å². The molecule has 2 atom stereocenters. The Kier molecular flexibility index (Phi) is 4.00. The number of ether oxygens (including phenoxy) is 2. The third-order valence-electron chi connectivity index (χ3n) is 3.79. The number of pyridine rings is 1. The number of nitrogens with one attached hydrogen (secondary N) is 1. The number of hydrogen-bond donors (Lipinski definition) is 2. The monoisotopic (exact) mass is 275 g/mol. The molecule has 0 aromatic carbocycles. The van der Waals surface area contributed by atoms with Crippen LogP contribution in [-0.4, -0.2) is 29.4 Å². The van der Waals surface area contributed by atoms with Crippen LogP contribution in [0.3, 0.4) is 0 Å². The molecule has 0 bridgehead atoms. The lowest BCUT2D eigenvalue weighted by atomic mass is 10.1. The minimum atomic E-state index is -0.174. The fourth-order valence-corrected chi connectivity index (χ4v) is 2.61. The average Bonchev–Trinajstić information content (AvgIpc) is 2.91. The number of hydrogen-bond acceptors (Lipinski definition) is 4. The Morgan fingerprint density at radius 2 is 2.45 bits per heavy atom. The quantitative estimate of drug-likeness (QED) is 0.898. The molecule has 3 rings (SSSR count). The summed E-state index contributed by atoms with van der Waals surface area (Å²) in [5, 5.41) is 1.12. The molecule has 5 nitrogen and oxygen atoms in total. The molecular weight excluding hydrogens is 254 g/mol. The summed E-state index contributed by atoms with van der Waals surface area (Å²) in [6.45, 7) is 3.27. The third-order valence-corrected chi connectivity index (χ3v) is 3.79. The Morgan fingerprint density at radius 1 is 1.55 bits per heavy atom. The molecule has 0 aliphatic carbocycles. The van der Waals surface area contributed by atoms with E-state index in [9.17, 15) is 0 Å². The van der Waals surface area contributed by atoms with Crippen LogP contribution in [0.2, 0.25) is 0 Å². The SMILES string of the molecule is Cc1ccnc2[nH]c(C(CN)OC3CCCCO3)cc12. The van der Waals surface area contributed by atoms with Gasteiger partial charge >= 0.3 is 0 Å². The summed E-state index contributed by atoms with van der Waals surface area (Å²) in [5.74, 6) is 0. The summed E-state index contributed by atoms with van der Waals surface area (Å²) >= 11 is 0. The van der Waals surface area contributed by atoms with Gasteiger partial charge in [0.1, 0.15) is 11.8 Å². The first kappa shape index (κ1) is 13.5. The van der Waals surface area contributed by atoms with Crippen molar-refractivity contribution in [1.29, 1.82) is 0 Å². The Labute approximate surface area is 118 Å². The Balaban J connectivity index is 1.81. The topological polar surface area (TPSA) is 73.2 Å². The van der Waals surface area contributed by atoms with Crippen LogP contribution in [0.25, 0.3) is 11.0 Å². The summed E-state index contributed by atoms with van der Waals surface area (Å²) in [7, 11) is 0. The van der Waals surface area contributed by atoms with Gasteiger partial charge in [-0.2, -0.15) is 0 Å². The van der Waals surface area contributed by atoms with Gasteiger partial charge in [-0.15, -0.1) is 0 Å². The number of aromatic amines is 1. The second kappa shape index (κ2) is 5.91. The molecule has 2 unspecified atom stereocenters. The van der Waals surface area contributed by atoms with E-state index in [-0.39, 0.29) is 12.4 Å². The molecule has 2 aromatic rings. The molecule has 1 saturated heterocycles. The number of nitrogens with zero attached hydrogens (tertiary/aromatic N) is 1. The molecule has 0 amide bonds. The molecule has 3 heterocycles. The highest BCUT2D eigenvalue weighted by atomic mass is 16.7. The van der Waals surface area contributed by atoms with Gasteiger partial charge in [0.15, 0.2) is 6.29 Å². The summed E-state index contributed by atoms with van der Waals surface area (Å²) in [6, 6.07) is 4.08. The number of H-pyrrole nitrogens is 1.